The fourth-order valence-corrected chi connectivity index (χ4v) is 3.10. The van der Waals surface area contributed by atoms with Gasteiger partial charge in [0.1, 0.15) is 24.9 Å². The Morgan fingerprint density at radius 2 is 2.33 bits per heavy atom. The number of rotatable bonds is 7. The predicted octanol–water partition coefficient (Wildman–Crippen LogP) is 1.88. The van der Waals surface area contributed by atoms with E-state index in [-0.39, 0.29) is 37.1 Å². The first-order valence-electron chi connectivity index (χ1n) is 8.24. The summed E-state index contributed by atoms with van der Waals surface area (Å²) in [5.41, 5.74) is 1.27. The summed E-state index contributed by atoms with van der Waals surface area (Å²) in [6.07, 6.45) is 2.10. The van der Waals surface area contributed by atoms with E-state index >= 15 is 0 Å². The molecule has 0 saturated heterocycles. The predicted molar refractivity (Wildman–Crippen MR) is 86.7 cm³/mol. The SMILES string of the molecule is CC[C@@H](NC(=O)COCc1nc2ccc(F)cc2[nH]1)C1CC(O)C1. The summed E-state index contributed by atoms with van der Waals surface area (Å²) in [5, 5.41) is 12.3. The summed E-state index contributed by atoms with van der Waals surface area (Å²) >= 11 is 0. The fourth-order valence-electron chi connectivity index (χ4n) is 3.10. The van der Waals surface area contributed by atoms with Crippen molar-refractivity contribution in [1.29, 1.82) is 0 Å². The molecule has 2 aromatic rings. The van der Waals surface area contributed by atoms with Gasteiger partial charge in [0.25, 0.3) is 0 Å². The van der Waals surface area contributed by atoms with Crippen LogP contribution in [0.2, 0.25) is 0 Å². The third kappa shape index (κ3) is 3.91. The number of imidazole rings is 1. The van der Waals surface area contributed by atoms with Crippen LogP contribution in [0.5, 0.6) is 0 Å². The Bertz CT molecular complexity index is 712. The standard InChI is InChI=1S/C17H22FN3O3/c1-2-13(10-5-12(22)6-10)21-17(23)9-24-8-16-19-14-4-3-11(18)7-15(14)20-16/h3-4,7,10,12-13,22H,2,5-6,8-9H2,1H3,(H,19,20)(H,21,23)/t10?,12?,13-/m1/s1. The number of carbonyl (C=O) groups excluding carboxylic acids is 1. The summed E-state index contributed by atoms with van der Waals surface area (Å²) in [7, 11) is 0. The van der Waals surface area contributed by atoms with Crippen molar-refractivity contribution in [1.82, 2.24) is 15.3 Å². The van der Waals surface area contributed by atoms with Crippen molar-refractivity contribution in [3.8, 4) is 0 Å². The third-order valence-electron chi connectivity index (χ3n) is 4.47. The van der Waals surface area contributed by atoms with Gasteiger partial charge in [-0.15, -0.1) is 0 Å². The highest BCUT2D eigenvalue weighted by atomic mass is 19.1. The monoisotopic (exact) mass is 335 g/mol. The lowest BCUT2D eigenvalue weighted by atomic mass is 9.76. The largest absolute Gasteiger partial charge is 0.393 e. The van der Waals surface area contributed by atoms with Crippen LogP contribution in [0.3, 0.4) is 0 Å². The van der Waals surface area contributed by atoms with E-state index in [1.807, 2.05) is 6.92 Å². The number of nitrogens with zero attached hydrogens (tertiary/aromatic N) is 1. The lowest BCUT2D eigenvalue weighted by Crippen LogP contribution is -2.47. The minimum absolute atomic E-state index is 0.0584. The van der Waals surface area contributed by atoms with Gasteiger partial charge in [0.2, 0.25) is 5.91 Å². The first kappa shape index (κ1) is 16.9. The zero-order chi connectivity index (χ0) is 17.1. The second-order valence-corrected chi connectivity index (χ2v) is 6.31. The minimum atomic E-state index is -0.329. The van der Waals surface area contributed by atoms with E-state index in [4.69, 9.17) is 4.74 Å². The van der Waals surface area contributed by atoms with Crippen molar-refractivity contribution in [3.05, 3.63) is 29.8 Å². The average Bonchev–Trinajstić information content (AvgIpc) is 2.91. The highest BCUT2D eigenvalue weighted by Crippen LogP contribution is 2.31. The maximum atomic E-state index is 13.1. The van der Waals surface area contributed by atoms with E-state index in [2.05, 4.69) is 15.3 Å². The van der Waals surface area contributed by atoms with Gasteiger partial charge in [-0.25, -0.2) is 9.37 Å². The number of amides is 1. The number of hydrogen-bond donors (Lipinski definition) is 3. The molecular weight excluding hydrogens is 313 g/mol. The maximum Gasteiger partial charge on any atom is 0.246 e. The molecule has 1 aromatic heterocycles. The Labute approximate surface area is 139 Å². The number of fused-ring (bicyclic) bond motifs is 1. The Morgan fingerprint density at radius 1 is 1.54 bits per heavy atom. The van der Waals surface area contributed by atoms with E-state index in [0.29, 0.717) is 22.8 Å². The summed E-state index contributed by atoms with van der Waals surface area (Å²) in [5.74, 6) is 0.395. The molecule has 0 radical (unpaired) electrons. The summed E-state index contributed by atoms with van der Waals surface area (Å²) in [6, 6.07) is 4.40. The van der Waals surface area contributed by atoms with Crippen LogP contribution in [-0.4, -0.2) is 39.7 Å². The van der Waals surface area contributed by atoms with Crippen LogP contribution in [0.15, 0.2) is 18.2 Å². The fraction of sp³-hybridized carbons (Fsp3) is 0.529. The molecule has 24 heavy (non-hydrogen) atoms. The van der Waals surface area contributed by atoms with Gasteiger partial charge in [-0.3, -0.25) is 4.79 Å². The lowest BCUT2D eigenvalue weighted by molar-refractivity contribution is -0.128. The number of aliphatic hydroxyl groups excluding tert-OH is 1. The maximum absolute atomic E-state index is 13.1. The quantitative estimate of drug-likeness (QED) is 0.721. The van der Waals surface area contributed by atoms with Crippen LogP contribution < -0.4 is 5.32 Å². The van der Waals surface area contributed by atoms with E-state index in [9.17, 15) is 14.3 Å². The van der Waals surface area contributed by atoms with Crippen LogP contribution in [0.4, 0.5) is 4.39 Å². The smallest absolute Gasteiger partial charge is 0.246 e. The van der Waals surface area contributed by atoms with E-state index in [1.54, 1.807) is 6.07 Å². The molecule has 3 N–H and O–H groups in total. The number of ether oxygens (including phenoxy) is 1. The van der Waals surface area contributed by atoms with Crippen LogP contribution in [-0.2, 0) is 16.1 Å². The van der Waals surface area contributed by atoms with Gasteiger partial charge in [-0.05, 0) is 43.4 Å². The van der Waals surface area contributed by atoms with Crippen molar-refractivity contribution in [2.24, 2.45) is 5.92 Å². The number of aromatic amines is 1. The van der Waals surface area contributed by atoms with E-state index in [0.717, 1.165) is 19.3 Å². The van der Waals surface area contributed by atoms with Gasteiger partial charge in [0.15, 0.2) is 0 Å². The molecule has 7 heteroatoms. The number of halogens is 1. The second kappa shape index (κ2) is 7.27. The first-order valence-corrected chi connectivity index (χ1v) is 8.24. The average molecular weight is 335 g/mol. The highest BCUT2D eigenvalue weighted by Gasteiger charge is 2.33. The zero-order valence-corrected chi connectivity index (χ0v) is 13.6. The molecule has 3 rings (SSSR count). The number of hydrogen-bond acceptors (Lipinski definition) is 4. The number of nitrogens with one attached hydrogen (secondary N) is 2. The number of carbonyl (C=O) groups is 1. The zero-order valence-electron chi connectivity index (χ0n) is 13.6. The van der Waals surface area contributed by atoms with Crippen molar-refractivity contribution in [3.63, 3.8) is 0 Å². The molecule has 1 aromatic carbocycles. The highest BCUT2D eigenvalue weighted by molar-refractivity contribution is 5.77. The molecule has 0 bridgehead atoms. The van der Waals surface area contributed by atoms with Crippen LogP contribution in [0, 0.1) is 11.7 Å². The van der Waals surface area contributed by atoms with Crippen molar-refractivity contribution in [2.45, 2.75) is 44.9 Å². The Balaban J connectivity index is 1.45. The molecule has 0 spiro atoms. The molecule has 1 saturated carbocycles. The molecule has 6 nitrogen and oxygen atoms in total. The molecule has 0 aliphatic heterocycles. The second-order valence-electron chi connectivity index (χ2n) is 6.31. The summed E-state index contributed by atoms with van der Waals surface area (Å²) < 4.78 is 18.5. The van der Waals surface area contributed by atoms with Crippen LogP contribution in [0.25, 0.3) is 11.0 Å². The van der Waals surface area contributed by atoms with Crippen LogP contribution in [0.1, 0.15) is 32.0 Å². The Kier molecular flexibility index (Phi) is 5.11. The van der Waals surface area contributed by atoms with Crippen molar-refractivity contribution in [2.75, 3.05) is 6.61 Å². The van der Waals surface area contributed by atoms with Crippen molar-refractivity contribution >= 4 is 16.9 Å². The molecule has 1 aliphatic rings. The lowest BCUT2D eigenvalue weighted by Gasteiger charge is -2.37. The van der Waals surface area contributed by atoms with Gasteiger partial charge in [-0.1, -0.05) is 6.92 Å². The molecular formula is C17H22FN3O3. The van der Waals surface area contributed by atoms with Gasteiger partial charge in [-0.2, -0.15) is 0 Å². The molecule has 1 heterocycles. The minimum Gasteiger partial charge on any atom is -0.393 e. The van der Waals surface area contributed by atoms with Crippen LogP contribution >= 0.6 is 0 Å². The topological polar surface area (TPSA) is 87.2 Å². The Morgan fingerprint density at radius 3 is 3.04 bits per heavy atom. The van der Waals surface area contributed by atoms with Gasteiger partial charge in [0, 0.05) is 6.04 Å². The molecule has 1 atom stereocenters. The third-order valence-corrected chi connectivity index (χ3v) is 4.47. The molecule has 0 unspecified atom stereocenters. The number of benzene rings is 1. The first-order chi connectivity index (χ1) is 11.5. The van der Waals surface area contributed by atoms with Gasteiger partial charge < -0.3 is 20.1 Å². The summed E-state index contributed by atoms with van der Waals surface area (Å²) in [6.45, 7) is 2.11. The number of aromatic nitrogens is 2. The molecule has 1 fully saturated rings. The van der Waals surface area contributed by atoms with Crippen molar-refractivity contribution < 1.29 is 19.0 Å². The van der Waals surface area contributed by atoms with Gasteiger partial charge in [0.05, 0.1) is 17.1 Å². The van der Waals surface area contributed by atoms with E-state index in [1.165, 1.54) is 12.1 Å². The number of aliphatic hydroxyl groups is 1. The molecule has 130 valence electrons. The molecule has 1 amide bonds. The normalized spacial score (nSPS) is 21.5. The van der Waals surface area contributed by atoms with Gasteiger partial charge >= 0.3 is 0 Å². The molecule has 1 aliphatic carbocycles. The number of H-pyrrole nitrogens is 1. The van der Waals surface area contributed by atoms with E-state index < -0.39 is 0 Å². The Hall–Kier alpha value is -1.99. The summed E-state index contributed by atoms with van der Waals surface area (Å²) in [4.78, 5) is 19.2.